The first-order valence-corrected chi connectivity index (χ1v) is 8.45. The molecule has 27 heavy (non-hydrogen) atoms. The van der Waals surface area contributed by atoms with Gasteiger partial charge >= 0.3 is 0 Å². The standard InChI is InChI=1S/C18H21F2N5O2/c1-10-4-14-16(21-5-10)12(17(26)22-6-15(19)20)7-25(14)8-13-11(2)18(27-3)24-9-23-13/h4-5,7,9,13,15H,6,8H2,1-3H3,(H,22,26)(H,23,24). The molecule has 7 nitrogen and oxygen atoms in total. The Bertz CT molecular complexity index is 920. The molecule has 0 aliphatic carbocycles. The molecule has 2 aromatic rings. The molecule has 3 rings (SSSR count). The number of aryl methyl sites for hydroxylation is 1. The van der Waals surface area contributed by atoms with E-state index in [1.165, 1.54) is 0 Å². The number of aliphatic imine (C=N–C) groups is 1. The van der Waals surface area contributed by atoms with E-state index in [2.05, 4.69) is 20.6 Å². The number of amides is 1. The van der Waals surface area contributed by atoms with Crippen LogP contribution in [-0.2, 0) is 11.3 Å². The van der Waals surface area contributed by atoms with Gasteiger partial charge in [-0.3, -0.25) is 14.8 Å². The maximum Gasteiger partial charge on any atom is 0.255 e. The predicted molar refractivity (Wildman–Crippen MR) is 97.9 cm³/mol. The summed E-state index contributed by atoms with van der Waals surface area (Å²) < 4.78 is 32.0. The highest BCUT2D eigenvalue weighted by Gasteiger charge is 2.22. The van der Waals surface area contributed by atoms with Gasteiger partial charge in [0.1, 0.15) is 5.52 Å². The second-order valence-corrected chi connectivity index (χ2v) is 6.33. The van der Waals surface area contributed by atoms with Crippen LogP contribution in [0.1, 0.15) is 22.8 Å². The molecule has 0 saturated carbocycles. The van der Waals surface area contributed by atoms with Crippen LogP contribution in [-0.4, -0.2) is 47.9 Å². The van der Waals surface area contributed by atoms with Gasteiger partial charge in [-0.05, 0) is 25.5 Å². The average molecular weight is 377 g/mol. The molecular formula is C18H21F2N5O2. The van der Waals surface area contributed by atoms with Gasteiger partial charge in [0.05, 0.1) is 37.1 Å². The fourth-order valence-corrected chi connectivity index (χ4v) is 3.00. The number of pyridine rings is 1. The molecule has 2 aromatic heterocycles. The molecule has 1 unspecified atom stereocenters. The van der Waals surface area contributed by atoms with Crippen LogP contribution in [0, 0.1) is 6.92 Å². The number of rotatable bonds is 6. The van der Waals surface area contributed by atoms with Crippen molar-refractivity contribution in [1.29, 1.82) is 0 Å². The lowest BCUT2D eigenvalue weighted by atomic mass is 10.1. The third-order valence-corrected chi connectivity index (χ3v) is 4.40. The van der Waals surface area contributed by atoms with Gasteiger partial charge in [-0.2, -0.15) is 0 Å². The third kappa shape index (κ3) is 3.91. The SMILES string of the molecule is COC1=C(C)C(Cn2cc(C(=O)NCC(F)F)c3ncc(C)cc32)N=CN1. The lowest BCUT2D eigenvalue weighted by Gasteiger charge is -2.22. The second-order valence-electron chi connectivity index (χ2n) is 6.33. The highest BCUT2D eigenvalue weighted by molar-refractivity contribution is 6.05. The van der Waals surface area contributed by atoms with Crippen LogP contribution in [0.5, 0.6) is 0 Å². The van der Waals surface area contributed by atoms with Gasteiger partial charge in [-0.15, -0.1) is 0 Å². The topological polar surface area (TPSA) is 80.5 Å². The summed E-state index contributed by atoms with van der Waals surface area (Å²) in [6.45, 7) is 3.57. The first-order chi connectivity index (χ1) is 12.9. The van der Waals surface area contributed by atoms with Crippen molar-refractivity contribution in [2.75, 3.05) is 13.7 Å². The number of carbonyl (C=O) groups excluding carboxylic acids is 1. The number of methoxy groups -OCH3 is 1. The van der Waals surface area contributed by atoms with Crippen molar-refractivity contribution >= 4 is 23.3 Å². The maximum atomic E-state index is 12.4. The summed E-state index contributed by atoms with van der Waals surface area (Å²) in [6.07, 6.45) is 2.24. The van der Waals surface area contributed by atoms with Crippen LogP contribution in [0.2, 0.25) is 0 Å². The number of hydrogen-bond donors (Lipinski definition) is 2. The van der Waals surface area contributed by atoms with Gasteiger partial charge < -0.3 is 19.9 Å². The molecule has 1 aliphatic heterocycles. The second kappa shape index (κ2) is 7.73. The number of nitrogens with zero attached hydrogens (tertiary/aromatic N) is 3. The number of carbonyl (C=O) groups is 1. The van der Waals surface area contributed by atoms with Gasteiger partial charge in [0, 0.05) is 24.5 Å². The van der Waals surface area contributed by atoms with E-state index in [1.807, 2.05) is 24.5 Å². The van der Waals surface area contributed by atoms with Crippen LogP contribution in [0.15, 0.2) is 34.9 Å². The number of ether oxygens (including phenoxy) is 1. The quantitative estimate of drug-likeness (QED) is 0.809. The minimum atomic E-state index is -2.61. The van der Waals surface area contributed by atoms with Crippen LogP contribution in [0.4, 0.5) is 8.78 Å². The number of fused-ring (bicyclic) bond motifs is 1. The predicted octanol–water partition coefficient (Wildman–Crippen LogP) is 2.22. The van der Waals surface area contributed by atoms with Gasteiger partial charge in [0.2, 0.25) is 0 Å². The lowest BCUT2D eigenvalue weighted by Crippen LogP contribution is -2.29. The molecular weight excluding hydrogens is 356 g/mol. The van der Waals surface area contributed by atoms with Crippen LogP contribution >= 0.6 is 0 Å². The maximum absolute atomic E-state index is 12.4. The zero-order chi connectivity index (χ0) is 19.6. The molecule has 1 aliphatic rings. The smallest absolute Gasteiger partial charge is 0.255 e. The Morgan fingerprint density at radius 2 is 2.22 bits per heavy atom. The molecule has 1 amide bonds. The zero-order valence-corrected chi connectivity index (χ0v) is 15.3. The van der Waals surface area contributed by atoms with E-state index < -0.39 is 18.9 Å². The minimum Gasteiger partial charge on any atom is -0.482 e. The molecule has 0 spiro atoms. The largest absolute Gasteiger partial charge is 0.482 e. The van der Waals surface area contributed by atoms with Gasteiger partial charge in [0.15, 0.2) is 5.88 Å². The van der Waals surface area contributed by atoms with Crippen molar-refractivity contribution in [2.45, 2.75) is 32.9 Å². The first kappa shape index (κ1) is 18.8. The van der Waals surface area contributed by atoms with E-state index in [0.717, 1.165) is 16.7 Å². The van der Waals surface area contributed by atoms with Crippen LogP contribution in [0.3, 0.4) is 0 Å². The van der Waals surface area contributed by atoms with Crippen molar-refractivity contribution in [1.82, 2.24) is 20.2 Å². The summed E-state index contributed by atoms with van der Waals surface area (Å²) in [5, 5.41) is 5.18. The summed E-state index contributed by atoms with van der Waals surface area (Å²) in [7, 11) is 1.58. The summed E-state index contributed by atoms with van der Waals surface area (Å²) >= 11 is 0. The molecule has 3 heterocycles. The van der Waals surface area contributed by atoms with E-state index in [1.54, 1.807) is 25.8 Å². The van der Waals surface area contributed by atoms with Crippen molar-refractivity contribution in [3.63, 3.8) is 0 Å². The molecule has 9 heteroatoms. The molecule has 0 saturated heterocycles. The van der Waals surface area contributed by atoms with Gasteiger partial charge in [0.25, 0.3) is 12.3 Å². The number of nitrogens with one attached hydrogen (secondary N) is 2. The van der Waals surface area contributed by atoms with Crippen molar-refractivity contribution < 1.29 is 18.3 Å². The minimum absolute atomic E-state index is 0.186. The molecule has 2 N–H and O–H groups in total. The molecule has 0 fully saturated rings. The average Bonchev–Trinajstić information content (AvgIpc) is 2.99. The Hall–Kier alpha value is -2.97. The summed E-state index contributed by atoms with van der Waals surface area (Å²) in [6, 6.07) is 1.72. The van der Waals surface area contributed by atoms with Gasteiger partial charge in [-0.25, -0.2) is 8.78 Å². The number of hydrogen-bond acceptors (Lipinski definition) is 5. The van der Waals surface area contributed by atoms with Crippen molar-refractivity contribution in [3.05, 3.63) is 41.0 Å². The fourth-order valence-electron chi connectivity index (χ4n) is 3.00. The number of aromatic nitrogens is 2. The van der Waals surface area contributed by atoms with E-state index in [-0.39, 0.29) is 11.6 Å². The van der Waals surface area contributed by atoms with Crippen LogP contribution in [0.25, 0.3) is 11.0 Å². The Morgan fingerprint density at radius 1 is 1.44 bits per heavy atom. The summed E-state index contributed by atoms with van der Waals surface area (Å²) in [5.74, 6) is 0.0599. The Labute approximate surface area is 155 Å². The molecule has 144 valence electrons. The fraction of sp³-hybridized carbons (Fsp3) is 0.389. The normalized spacial score (nSPS) is 16.7. The summed E-state index contributed by atoms with van der Waals surface area (Å²) in [4.78, 5) is 21.1. The van der Waals surface area contributed by atoms with E-state index in [0.29, 0.717) is 17.9 Å². The summed E-state index contributed by atoms with van der Waals surface area (Å²) in [5.41, 5.74) is 3.33. The lowest BCUT2D eigenvalue weighted by molar-refractivity contribution is 0.0893. The Kier molecular flexibility index (Phi) is 5.38. The molecule has 1 atom stereocenters. The van der Waals surface area contributed by atoms with Crippen molar-refractivity contribution in [2.24, 2.45) is 4.99 Å². The Balaban J connectivity index is 1.97. The highest BCUT2D eigenvalue weighted by Crippen LogP contribution is 2.24. The molecule has 0 bridgehead atoms. The highest BCUT2D eigenvalue weighted by atomic mass is 19.3. The van der Waals surface area contributed by atoms with Crippen LogP contribution < -0.4 is 10.6 Å². The third-order valence-electron chi connectivity index (χ3n) is 4.40. The van der Waals surface area contributed by atoms with E-state index >= 15 is 0 Å². The zero-order valence-electron chi connectivity index (χ0n) is 15.3. The van der Waals surface area contributed by atoms with E-state index in [4.69, 9.17) is 4.74 Å². The monoisotopic (exact) mass is 377 g/mol. The van der Waals surface area contributed by atoms with E-state index in [9.17, 15) is 13.6 Å². The van der Waals surface area contributed by atoms with Crippen molar-refractivity contribution in [3.8, 4) is 0 Å². The molecule has 0 aromatic carbocycles. The number of halogens is 2. The van der Waals surface area contributed by atoms with Gasteiger partial charge in [-0.1, -0.05) is 0 Å². The first-order valence-electron chi connectivity index (χ1n) is 8.45. The Morgan fingerprint density at radius 3 is 2.93 bits per heavy atom. The number of alkyl halides is 2. The molecule has 0 radical (unpaired) electrons.